The van der Waals surface area contributed by atoms with E-state index in [1.54, 1.807) is 23.9 Å². The zero-order chi connectivity index (χ0) is 24.8. The highest BCUT2D eigenvalue weighted by atomic mass is 16.3. The van der Waals surface area contributed by atoms with Gasteiger partial charge in [-0.1, -0.05) is 60.7 Å². The number of amides is 1. The van der Waals surface area contributed by atoms with Crippen molar-refractivity contribution >= 4 is 12.0 Å². The van der Waals surface area contributed by atoms with E-state index in [9.17, 15) is 15.0 Å². The lowest BCUT2D eigenvalue weighted by Gasteiger charge is -2.34. The highest BCUT2D eigenvalue weighted by molar-refractivity contribution is 5.80. The van der Waals surface area contributed by atoms with E-state index in [-0.39, 0.29) is 31.1 Å². The zero-order valence-electron chi connectivity index (χ0n) is 19.9. The van der Waals surface area contributed by atoms with Gasteiger partial charge in [-0.2, -0.15) is 0 Å². The summed E-state index contributed by atoms with van der Waals surface area (Å²) in [6, 6.07) is 16.5. The number of benzene rings is 2. The lowest BCUT2D eigenvalue weighted by molar-refractivity contribution is -0.128. The molecule has 184 valence electrons. The number of hydrogen-bond acceptors (Lipinski definition) is 5. The molecule has 2 atom stereocenters. The second kappa shape index (κ2) is 11.4. The number of carbonyl (C=O) groups excluding carboxylic acids is 1. The van der Waals surface area contributed by atoms with Crippen LogP contribution in [0.2, 0.25) is 0 Å². The van der Waals surface area contributed by atoms with Crippen LogP contribution >= 0.6 is 0 Å². The third-order valence-electron chi connectivity index (χ3n) is 6.67. The first kappa shape index (κ1) is 24.9. The number of rotatable bonds is 10. The van der Waals surface area contributed by atoms with Gasteiger partial charge in [-0.3, -0.25) is 4.79 Å². The van der Waals surface area contributed by atoms with E-state index in [4.69, 9.17) is 5.11 Å². The number of hydrogen-bond donors (Lipinski definition) is 4. The van der Waals surface area contributed by atoms with E-state index in [1.165, 1.54) is 5.56 Å². The molecule has 0 radical (unpaired) electrons. The SMILES string of the molecule is C[C@H](O)c1nccn1[C@@H](/C=C/c1ccc(-c2ccc(C3CC(C(=O)NCCO)C3)cc2)cc1)CO. The highest BCUT2D eigenvalue weighted by Crippen LogP contribution is 2.42. The van der Waals surface area contributed by atoms with Crippen molar-refractivity contribution in [1.82, 2.24) is 14.9 Å². The number of imidazole rings is 1. The lowest BCUT2D eigenvalue weighted by Crippen LogP contribution is -2.39. The molecule has 0 bridgehead atoms. The molecular formula is C28H33N3O4. The molecule has 1 aliphatic rings. The minimum Gasteiger partial charge on any atom is -0.395 e. The molecular weight excluding hydrogens is 442 g/mol. The van der Waals surface area contributed by atoms with Crippen LogP contribution in [0.15, 0.2) is 67.0 Å². The third kappa shape index (κ3) is 5.88. The molecule has 0 unspecified atom stereocenters. The van der Waals surface area contributed by atoms with Gasteiger partial charge in [0.15, 0.2) is 0 Å². The topological polar surface area (TPSA) is 108 Å². The molecule has 0 spiro atoms. The van der Waals surface area contributed by atoms with E-state index in [0.29, 0.717) is 18.3 Å². The van der Waals surface area contributed by atoms with Crippen LogP contribution < -0.4 is 5.32 Å². The number of carbonyl (C=O) groups is 1. The van der Waals surface area contributed by atoms with Gasteiger partial charge in [0.25, 0.3) is 0 Å². The minimum absolute atomic E-state index is 0.0277. The molecule has 7 nitrogen and oxygen atoms in total. The molecule has 0 saturated heterocycles. The predicted molar refractivity (Wildman–Crippen MR) is 135 cm³/mol. The largest absolute Gasteiger partial charge is 0.395 e. The fourth-order valence-corrected chi connectivity index (χ4v) is 4.55. The van der Waals surface area contributed by atoms with Crippen LogP contribution in [0.5, 0.6) is 0 Å². The van der Waals surface area contributed by atoms with Crippen molar-refractivity contribution in [3.8, 4) is 11.1 Å². The Morgan fingerprint density at radius 2 is 1.77 bits per heavy atom. The van der Waals surface area contributed by atoms with Gasteiger partial charge in [-0.05, 0) is 47.9 Å². The number of aromatic nitrogens is 2. The van der Waals surface area contributed by atoms with E-state index in [0.717, 1.165) is 29.5 Å². The molecule has 1 aliphatic carbocycles. The molecule has 3 aromatic rings. The van der Waals surface area contributed by atoms with Gasteiger partial charge in [0.2, 0.25) is 5.91 Å². The Balaban J connectivity index is 1.36. The van der Waals surface area contributed by atoms with E-state index in [2.05, 4.69) is 46.7 Å². The Hall–Kier alpha value is -3.26. The van der Waals surface area contributed by atoms with Gasteiger partial charge >= 0.3 is 0 Å². The number of nitrogens with zero attached hydrogens (tertiary/aromatic N) is 2. The van der Waals surface area contributed by atoms with Gasteiger partial charge in [0, 0.05) is 24.9 Å². The number of aliphatic hydroxyl groups is 3. The fourth-order valence-electron chi connectivity index (χ4n) is 4.55. The van der Waals surface area contributed by atoms with Gasteiger partial charge in [0.1, 0.15) is 11.9 Å². The van der Waals surface area contributed by atoms with Gasteiger partial charge < -0.3 is 25.2 Å². The number of nitrogens with one attached hydrogen (secondary N) is 1. The van der Waals surface area contributed by atoms with Gasteiger partial charge in [0.05, 0.1) is 19.3 Å². The third-order valence-corrected chi connectivity index (χ3v) is 6.67. The summed E-state index contributed by atoms with van der Waals surface area (Å²) >= 11 is 0. The molecule has 1 amide bonds. The summed E-state index contributed by atoms with van der Waals surface area (Å²) in [5.41, 5.74) is 4.52. The Labute approximate surface area is 205 Å². The van der Waals surface area contributed by atoms with Crippen molar-refractivity contribution in [3.63, 3.8) is 0 Å². The van der Waals surface area contributed by atoms with Crippen LogP contribution in [0.3, 0.4) is 0 Å². The summed E-state index contributed by atoms with van der Waals surface area (Å²) in [6.45, 7) is 1.86. The average molecular weight is 476 g/mol. The maximum absolute atomic E-state index is 12.0. The van der Waals surface area contributed by atoms with Crippen LogP contribution in [-0.4, -0.2) is 50.5 Å². The second-order valence-electron chi connectivity index (χ2n) is 9.10. The molecule has 1 aromatic heterocycles. The van der Waals surface area contributed by atoms with Crippen LogP contribution in [0.25, 0.3) is 17.2 Å². The van der Waals surface area contributed by atoms with Crippen LogP contribution in [0, 0.1) is 5.92 Å². The lowest BCUT2D eigenvalue weighted by atomic mass is 9.71. The maximum Gasteiger partial charge on any atom is 0.223 e. The van der Waals surface area contributed by atoms with E-state index < -0.39 is 6.10 Å². The molecule has 4 N–H and O–H groups in total. The van der Waals surface area contributed by atoms with Gasteiger partial charge in [-0.15, -0.1) is 0 Å². The zero-order valence-corrected chi connectivity index (χ0v) is 19.9. The van der Waals surface area contributed by atoms with Crippen molar-refractivity contribution in [1.29, 1.82) is 0 Å². The molecule has 35 heavy (non-hydrogen) atoms. The van der Waals surface area contributed by atoms with Crippen LogP contribution in [-0.2, 0) is 4.79 Å². The molecule has 7 heteroatoms. The molecule has 2 aromatic carbocycles. The Morgan fingerprint density at radius 1 is 1.11 bits per heavy atom. The van der Waals surface area contributed by atoms with Crippen molar-refractivity contribution in [2.24, 2.45) is 5.92 Å². The van der Waals surface area contributed by atoms with Crippen molar-refractivity contribution in [2.75, 3.05) is 19.8 Å². The predicted octanol–water partition coefficient (Wildman–Crippen LogP) is 3.45. The van der Waals surface area contributed by atoms with E-state index >= 15 is 0 Å². The van der Waals surface area contributed by atoms with Crippen molar-refractivity contribution in [2.45, 2.75) is 37.8 Å². The first-order valence-corrected chi connectivity index (χ1v) is 12.1. The fraction of sp³-hybridized carbons (Fsp3) is 0.357. The van der Waals surface area contributed by atoms with Gasteiger partial charge in [-0.25, -0.2) is 4.98 Å². The molecule has 1 heterocycles. The standard InChI is InChI=1S/C28H33N3O4/c1-19(34)27-29-12-14-31(27)26(18-33)11-4-20-2-5-21(6-3-20)22-7-9-23(10-8-22)24-16-25(17-24)28(35)30-13-15-32/h2-12,14,19,24-26,32-34H,13,15-18H2,1H3,(H,30,35)/b11-4+/t19-,24?,25?,26-/m0/s1. The number of aliphatic hydroxyl groups excluding tert-OH is 3. The second-order valence-corrected chi connectivity index (χ2v) is 9.10. The molecule has 1 saturated carbocycles. The summed E-state index contributed by atoms with van der Waals surface area (Å²) in [5, 5.41) is 31.3. The van der Waals surface area contributed by atoms with Crippen LogP contribution in [0.4, 0.5) is 0 Å². The monoisotopic (exact) mass is 475 g/mol. The summed E-state index contributed by atoms with van der Waals surface area (Å²) in [5.74, 6) is 1.02. The van der Waals surface area contributed by atoms with Crippen molar-refractivity contribution in [3.05, 3.63) is 84.0 Å². The smallest absolute Gasteiger partial charge is 0.223 e. The summed E-state index contributed by atoms with van der Waals surface area (Å²) in [7, 11) is 0. The normalized spacial score (nSPS) is 19.3. The highest BCUT2D eigenvalue weighted by Gasteiger charge is 2.35. The maximum atomic E-state index is 12.0. The Morgan fingerprint density at radius 3 is 2.37 bits per heavy atom. The Kier molecular flexibility index (Phi) is 8.13. The molecule has 1 fully saturated rings. The first-order valence-electron chi connectivity index (χ1n) is 12.1. The molecule has 0 aliphatic heterocycles. The Bertz CT molecular complexity index is 1130. The minimum atomic E-state index is -0.708. The average Bonchev–Trinajstić information content (AvgIpc) is 3.33. The first-order chi connectivity index (χ1) is 17.0. The van der Waals surface area contributed by atoms with Crippen molar-refractivity contribution < 1.29 is 20.1 Å². The summed E-state index contributed by atoms with van der Waals surface area (Å²) in [6.07, 6.45) is 8.25. The molecule has 4 rings (SSSR count). The quantitative estimate of drug-likeness (QED) is 0.359. The van der Waals surface area contributed by atoms with E-state index in [1.807, 2.05) is 24.3 Å². The summed E-state index contributed by atoms with van der Waals surface area (Å²) < 4.78 is 1.78. The summed E-state index contributed by atoms with van der Waals surface area (Å²) in [4.78, 5) is 16.2. The van der Waals surface area contributed by atoms with Crippen LogP contribution in [0.1, 0.15) is 54.8 Å².